The number of primary amides is 1. The van der Waals surface area contributed by atoms with Gasteiger partial charge in [0.05, 0.1) is 16.7 Å². The van der Waals surface area contributed by atoms with E-state index < -0.39 is 16.8 Å². The number of benzene rings is 1. The van der Waals surface area contributed by atoms with E-state index in [0.29, 0.717) is 53.6 Å². The van der Waals surface area contributed by atoms with E-state index in [9.17, 15) is 20.4 Å². The summed E-state index contributed by atoms with van der Waals surface area (Å²) in [5.74, 6) is 0.0256. The van der Waals surface area contributed by atoms with Gasteiger partial charge in [0.1, 0.15) is 28.2 Å². The number of rotatable bonds is 9. The van der Waals surface area contributed by atoms with Crippen LogP contribution in [0.5, 0.6) is 0 Å². The number of pyridine rings is 1. The number of carbonyl (C=O) groups is 1. The molecule has 0 aliphatic carbocycles. The van der Waals surface area contributed by atoms with Crippen LogP contribution < -0.4 is 16.0 Å². The van der Waals surface area contributed by atoms with Gasteiger partial charge in [0.15, 0.2) is 0 Å². The third-order valence-corrected chi connectivity index (χ3v) is 7.29. The maximum Gasteiger partial charge on any atom is 0.235 e. The van der Waals surface area contributed by atoms with Crippen LogP contribution in [0.25, 0.3) is 0 Å². The van der Waals surface area contributed by atoms with Crippen LogP contribution in [-0.4, -0.2) is 47.3 Å². The molecule has 3 rings (SSSR count). The van der Waals surface area contributed by atoms with Crippen molar-refractivity contribution in [3.8, 4) is 12.1 Å². The molecule has 35 heavy (non-hydrogen) atoms. The lowest BCUT2D eigenvalue weighted by atomic mass is 9.99. The predicted molar refractivity (Wildman–Crippen MR) is 137 cm³/mol. The number of hydrogen-bond donors (Lipinski definition) is 3. The van der Waals surface area contributed by atoms with Crippen molar-refractivity contribution in [3.63, 3.8) is 0 Å². The van der Waals surface area contributed by atoms with Gasteiger partial charge in [0, 0.05) is 25.7 Å². The molecule has 1 aliphatic heterocycles. The quantitative estimate of drug-likeness (QED) is 0.454. The Balaban J connectivity index is 1.95. The Kier molecular flexibility index (Phi) is 8.74. The molecule has 2 aromatic rings. The Morgan fingerprint density at radius 3 is 2.40 bits per heavy atom. The number of nitrogens with one attached hydrogen (secondary N) is 1. The van der Waals surface area contributed by atoms with Crippen molar-refractivity contribution in [2.45, 2.75) is 62.0 Å². The van der Waals surface area contributed by atoms with Crippen LogP contribution in [0.4, 0.5) is 5.82 Å². The summed E-state index contributed by atoms with van der Waals surface area (Å²) in [4.78, 5) is 19.2. The van der Waals surface area contributed by atoms with Crippen LogP contribution in [0.15, 0.2) is 35.4 Å². The van der Waals surface area contributed by atoms with Crippen LogP contribution in [0.2, 0.25) is 0 Å². The fourth-order valence-corrected chi connectivity index (χ4v) is 5.28. The third kappa shape index (κ3) is 6.52. The number of aromatic nitrogens is 1. The van der Waals surface area contributed by atoms with E-state index in [2.05, 4.69) is 22.4 Å². The first-order chi connectivity index (χ1) is 16.7. The monoisotopic (exact) mass is 492 g/mol. The molecule has 184 valence electrons. The number of nitrogens with two attached hydrogens (primary N) is 1. The highest BCUT2D eigenvalue weighted by molar-refractivity contribution is 8.00. The number of thioether (sulfide) groups is 1. The molecule has 1 aliphatic rings. The summed E-state index contributed by atoms with van der Waals surface area (Å²) >= 11 is 1.16. The van der Waals surface area contributed by atoms with Gasteiger partial charge in [-0.25, -0.2) is 4.98 Å². The number of aliphatic hydroxyl groups is 1. The van der Waals surface area contributed by atoms with E-state index >= 15 is 0 Å². The molecule has 9 heteroatoms. The molecule has 1 aromatic carbocycles. The molecule has 8 nitrogen and oxygen atoms in total. The fraction of sp³-hybridized carbons (Fsp3) is 0.462. The zero-order valence-corrected chi connectivity index (χ0v) is 21.2. The number of piperidine rings is 1. The number of amides is 1. The van der Waals surface area contributed by atoms with E-state index in [1.54, 1.807) is 13.8 Å². The SMILES string of the molecule is CCc1c(C#N)c(SC(C(N)=O)c2ccccc2)nc(N2CCC(NCC(C)(C)O)CC2)c1C#N. The molecule has 1 unspecified atom stereocenters. The molecule has 1 aromatic heterocycles. The van der Waals surface area contributed by atoms with Gasteiger partial charge in [-0.05, 0) is 44.2 Å². The second-order valence-corrected chi connectivity index (χ2v) is 10.4. The molecule has 0 saturated carbocycles. The summed E-state index contributed by atoms with van der Waals surface area (Å²) in [6.45, 7) is 7.32. The van der Waals surface area contributed by atoms with Crippen molar-refractivity contribution in [1.82, 2.24) is 10.3 Å². The van der Waals surface area contributed by atoms with Gasteiger partial charge in [-0.1, -0.05) is 49.0 Å². The van der Waals surface area contributed by atoms with Gasteiger partial charge < -0.3 is 21.1 Å². The Morgan fingerprint density at radius 2 is 1.89 bits per heavy atom. The Morgan fingerprint density at radius 1 is 1.26 bits per heavy atom. The standard InChI is InChI=1S/C26H32N6O2S/c1-4-19-20(14-27)24(32-12-10-18(11-13-32)30-16-26(2,3)34)31-25(21(19)15-28)35-22(23(29)33)17-8-6-5-7-9-17/h5-9,18,22,30,34H,4,10-13,16H2,1-3H3,(H2,29,33). The number of nitriles is 2. The average Bonchev–Trinajstić information content (AvgIpc) is 2.85. The normalized spacial score (nSPS) is 15.3. The van der Waals surface area contributed by atoms with Crippen LogP contribution >= 0.6 is 11.8 Å². The molecule has 1 amide bonds. The van der Waals surface area contributed by atoms with Gasteiger partial charge in [-0.3, -0.25) is 4.79 Å². The van der Waals surface area contributed by atoms with Crippen molar-refractivity contribution in [3.05, 3.63) is 52.6 Å². The van der Waals surface area contributed by atoms with Gasteiger partial charge in [0.2, 0.25) is 5.91 Å². The number of carbonyl (C=O) groups excluding carboxylic acids is 1. The molecular weight excluding hydrogens is 460 g/mol. The molecule has 2 heterocycles. The highest BCUT2D eigenvalue weighted by Gasteiger charge is 2.29. The van der Waals surface area contributed by atoms with Crippen LogP contribution in [0, 0.1) is 22.7 Å². The number of anilines is 1. The van der Waals surface area contributed by atoms with Crippen LogP contribution in [0.1, 0.15) is 61.1 Å². The topological polar surface area (TPSA) is 139 Å². The van der Waals surface area contributed by atoms with Crippen LogP contribution in [-0.2, 0) is 11.2 Å². The summed E-state index contributed by atoms with van der Waals surface area (Å²) in [6, 6.07) is 13.9. The Hall–Kier alpha value is -3.11. The van der Waals surface area contributed by atoms with E-state index in [1.807, 2.05) is 37.3 Å². The predicted octanol–water partition coefficient (Wildman–Crippen LogP) is 3.04. The maximum absolute atomic E-state index is 12.3. The molecule has 1 fully saturated rings. The lowest BCUT2D eigenvalue weighted by Crippen LogP contribution is -2.47. The smallest absolute Gasteiger partial charge is 0.235 e. The first kappa shape index (κ1) is 26.5. The lowest BCUT2D eigenvalue weighted by molar-refractivity contribution is -0.117. The van der Waals surface area contributed by atoms with Gasteiger partial charge in [-0.15, -0.1) is 0 Å². The van der Waals surface area contributed by atoms with E-state index in [1.165, 1.54) is 0 Å². The Bertz CT molecular complexity index is 1130. The first-order valence-corrected chi connectivity index (χ1v) is 12.6. The van der Waals surface area contributed by atoms with Crippen molar-refractivity contribution >= 4 is 23.5 Å². The van der Waals surface area contributed by atoms with Crippen molar-refractivity contribution in [2.24, 2.45) is 5.73 Å². The maximum atomic E-state index is 12.3. The zero-order chi connectivity index (χ0) is 25.6. The highest BCUT2D eigenvalue weighted by Crippen LogP contribution is 2.39. The molecule has 1 saturated heterocycles. The minimum Gasteiger partial charge on any atom is -0.389 e. The van der Waals surface area contributed by atoms with E-state index in [4.69, 9.17) is 10.7 Å². The van der Waals surface area contributed by atoms with Crippen molar-refractivity contribution < 1.29 is 9.90 Å². The summed E-state index contributed by atoms with van der Waals surface area (Å²) in [6.07, 6.45) is 2.16. The summed E-state index contributed by atoms with van der Waals surface area (Å²) < 4.78 is 0. The second-order valence-electron chi connectivity index (χ2n) is 9.31. The molecular formula is C26H32N6O2S. The van der Waals surface area contributed by atoms with Crippen molar-refractivity contribution in [2.75, 3.05) is 24.5 Å². The lowest BCUT2D eigenvalue weighted by Gasteiger charge is -2.35. The van der Waals surface area contributed by atoms with E-state index in [-0.39, 0.29) is 6.04 Å². The van der Waals surface area contributed by atoms with E-state index in [0.717, 1.165) is 30.2 Å². The number of nitrogens with zero attached hydrogens (tertiary/aromatic N) is 4. The molecule has 0 spiro atoms. The average molecular weight is 493 g/mol. The Labute approximate surface area is 211 Å². The zero-order valence-electron chi connectivity index (χ0n) is 20.4. The molecule has 0 bridgehead atoms. The van der Waals surface area contributed by atoms with Gasteiger partial charge >= 0.3 is 0 Å². The third-order valence-electron chi connectivity index (χ3n) is 6.03. The minimum atomic E-state index is -0.780. The highest BCUT2D eigenvalue weighted by atomic mass is 32.2. The summed E-state index contributed by atoms with van der Waals surface area (Å²) in [7, 11) is 0. The fourth-order valence-electron chi connectivity index (χ4n) is 4.22. The van der Waals surface area contributed by atoms with Crippen LogP contribution in [0.3, 0.4) is 0 Å². The van der Waals surface area contributed by atoms with Crippen molar-refractivity contribution in [1.29, 1.82) is 10.5 Å². The summed E-state index contributed by atoms with van der Waals surface area (Å²) in [5, 5.41) is 33.1. The number of hydrogen-bond acceptors (Lipinski definition) is 8. The molecule has 1 atom stereocenters. The largest absolute Gasteiger partial charge is 0.389 e. The first-order valence-electron chi connectivity index (χ1n) is 11.8. The van der Waals surface area contributed by atoms with Gasteiger partial charge in [0.25, 0.3) is 0 Å². The molecule has 4 N–H and O–H groups in total. The minimum absolute atomic E-state index is 0.262. The molecule has 0 radical (unpaired) electrons. The van der Waals surface area contributed by atoms with Gasteiger partial charge in [-0.2, -0.15) is 10.5 Å². The second kappa shape index (κ2) is 11.5. The summed E-state index contributed by atoms with van der Waals surface area (Å²) in [5.41, 5.74) is 7.06.